The normalized spacial score (nSPS) is 13.7. The molecule has 0 aliphatic heterocycles. The van der Waals surface area contributed by atoms with Crippen molar-refractivity contribution in [2.24, 2.45) is 0 Å². The van der Waals surface area contributed by atoms with Crippen molar-refractivity contribution < 1.29 is 9.53 Å². The summed E-state index contributed by atoms with van der Waals surface area (Å²) in [7, 11) is 1.41. The molecule has 0 bridgehead atoms. The molecule has 0 rings (SSSR count). The number of hydrogen-bond acceptors (Lipinski definition) is 2. The molecule has 0 aromatic carbocycles. The Morgan fingerprint density at radius 2 is 1.22 bits per heavy atom. The molecule has 138 valence electrons. The van der Waals surface area contributed by atoms with Gasteiger partial charge >= 0.3 is 5.97 Å². The predicted molar refractivity (Wildman–Crippen MR) is 102 cm³/mol. The Balaban J connectivity index is 3.37. The minimum absolute atomic E-state index is 0.0170. The van der Waals surface area contributed by atoms with E-state index in [2.05, 4.69) is 11.7 Å². The summed E-state index contributed by atoms with van der Waals surface area (Å²) in [6.45, 7) is 2.26. The first-order valence-electron chi connectivity index (χ1n) is 9.46. The quantitative estimate of drug-likeness (QED) is 0.169. The number of esters is 1. The third kappa shape index (κ3) is 15.3. The smallest absolute Gasteiger partial charge is 0.305 e. The monoisotopic (exact) mass is 366 g/mol. The number of rotatable bonds is 16. The average molecular weight is 367 g/mol. The second-order valence-electron chi connectivity index (χ2n) is 6.47. The van der Waals surface area contributed by atoms with Crippen molar-refractivity contribution in [1.82, 2.24) is 0 Å². The lowest BCUT2D eigenvalue weighted by atomic mass is 10.0. The van der Waals surface area contributed by atoms with E-state index in [4.69, 9.17) is 23.2 Å². The molecule has 2 nitrogen and oxygen atoms in total. The fraction of sp³-hybridized carbons (Fsp3) is 0.947. The lowest BCUT2D eigenvalue weighted by Crippen LogP contribution is -2.15. The Labute approximate surface area is 153 Å². The van der Waals surface area contributed by atoms with Crippen molar-refractivity contribution in [1.29, 1.82) is 0 Å². The van der Waals surface area contributed by atoms with E-state index in [0.717, 1.165) is 25.7 Å². The molecular formula is C19H36Cl2O2. The van der Waals surface area contributed by atoms with E-state index in [1.165, 1.54) is 64.9 Å². The minimum atomic E-state index is -0.172. The molecule has 0 aliphatic carbocycles. The molecule has 0 aromatic heterocycles. The van der Waals surface area contributed by atoms with Gasteiger partial charge in [-0.15, -0.1) is 23.2 Å². The van der Waals surface area contributed by atoms with Crippen molar-refractivity contribution in [2.75, 3.05) is 7.11 Å². The molecular weight excluding hydrogens is 331 g/mol. The van der Waals surface area contributed by atoms with Crippen LogP contribution >= 0.6 is 23.2 Å². The topological polar surface area (TPSA) is 26.3 Å². The summed E-state index contributed by atoms with van der Waals surface area (Å²) < 4.78 is 4.62. The van der Waals surface area contributed by atoms with Gasteiger partial charge in [0.05, 0.1) is 7.11 Å². The van der Waals surface area contributed by atoms with Crippen molar-refractivity contribution in [3.05, 3.63) is 0 Å². The Morgan fingerprint density at radius 3 is 1.70 bits per heavy atom. The van der Waals surface area contributed by atoms with E-state index >= 15 is 0 Å². The highest BCUT2D eigenvalue weighted by atomic mass is 35.5. The highest BCUT2D eigenvalue weighted by molar-refractivity contribution is 6.29. The standard InChI is InChI=1S/C19H36Cl2O2/c1-3-4-5-6-7-8-9-10-11-12-14-17(20)18(21)15-13-16-19(22)23-2/h17-18H,3-16H2,1-2H3/t17-,18-/m0/s1. The Bertz CT molecular complexity index is 272. The lowest BCUT2D eigenvalue weighted by Gasteiger charge is -2.15. The molecule has 0 amide bonds. The van der Waals surface area contributed by atoms with Crippen molar-refractivity contribution in [3.8, 4) is 0 Å². The van der Waals surface area contributed by atoms with Gasteiger partial charge in [-0.05, 0) is 19.3 Å². The minimum Gasteiger partial charge on any atom is -0.469 e. The summed E-state index contributed by atoms with van der Waals surface area (Å²) in [5.41, 5.74) is 0. The first-order chi connectivity index (χ1) is 11.1. The fourth-order valence-electron chi connectivity index (χ4n) is 2.73. The summed E-state index contributed by atoms with van der Waals surface area (Å²) in [6, 6.07) is 0. The summed E-state index contributed by atoms with van der Waals surface area (Å²) in [4.78, 5) is 11.0. The highest BCUT2D eigenvalue weighted by Crippen LogP contribution is 2.22. The third-order valence-electron chi connectivity index (χ3n) is 4.31. The molecule has 0 radical (unpaired) electrons. The van der Waals surface area contributed by atoms with Crippen molar-refractivity contribution >= 4 is 29.2 Å². The van der Waals surface area contributed by atoms with Crippen LogP contribution in [-0.2, 0) is 9.53 Å². The Morgan fingerprint density at radius 1 is 0.783 bits per heavy atom. The summed E-state index contributed by atoms with van der Waals surface area (Å²) in [6.07, 6.45) is 16.3. The first-order valence-corrected chi connectivity index (χ1v) is 10.3. The maximum Gasteiger partial charge on any atom is 0.305 e. The second kappa shape index (κ2) is 16.9. The molecule has 4 heteroatoms. The fourth-order valence-corrected chi connectivity index (χ4v) is 3.29. The molecule has 0 fully saturated rings. The molecule has 0 saturated heterocycles. The van der Waals surface area contributed by atoms with E-state index < -0.39 is 0 Å². The molecule has 23 heavy (non-hydrogen) atoms. The van der Waals surface area contributed by atoms with Gasteiger partial charge in [-0.1, -0.05) is 71.1 Å². The second-order valence-corrected chi connectivity index (χ2v) is 7.59. The van der Waals surface area contributed by atoms with E-state index in [1.54, 1.807) is 0 Å². The number of carbonyl (C=O) groups is 1. The van der Waals surface area contributed by atoms with Crippen LogP contribution in [0.3, 0.4) is 0 Å². The number of carbonyl (C=O) groups excluding carboxylic acids is 1. The van der Waals surface area contributed by atoms with E-state index in [1.807, 2.05) is 0 Å². The zero-order chi connectivity index (χ0) is 17.3. The SMILES string of the molecule is CCCCCCCCCCCC[C@H](Cl)[C@@H](Cl)CCCC(=O)OC. The van der Waals surface area contributed by atoms with Crippen molar-refractivity contribution in [2.45, 2.75) is 108 Å². The van der Waals surface area contributed by atoms with Gasteiger partial charge in [0, 0.05) is 17.2 Å². The van der Waals surface area contributed by atoms with Crippen LogP contribution < -0.4 is 0 Å². The average Bonchev–Trinajstić information content (AvgIpc) is 2.55. The number of ether oxygens (including phenoxy) is 1. The van der Waals surface area contributed by atoms with Crippen LogP contribution in [0.4, 0.5) is 0 Å². The Kier molecular flexibility index (Phi) is 16.9. The number of hydrogen-bond donors (Lipinski definition) is 0. The van der Waals surface area contributed by atoms with Crippen LogP contribution in [0.5, 0.6) is 0 Å². The van der Waals surface area contributed by atoms with Crippen LogP contribution in [0.25, 0.3) is 0 Å². The van der Waals surface area contributed by atoms with E-state index in [9.17, 15) is 4.79 Å². The molecule has 0 heterocycles. The zero-order valence-corrected chi connectivity index (χ0v) is 16.6. The van der Waals surface area contributed by atoms with Crippen LogP contribution in [-0.4, -0.2) is 23.8 Å². The first kappa shape index (κ1) is 23.1. The van der Waals surface area contributed by atoms with Crippen LogP contribution in [0, 0.1) is 0 Å². The largest absolute Gasteiger partial charge is 0.469 e. The molecule has 0 aromatic rings. The summed E-state index contributed by atoms with van der Waals surface area (Å²) >= 11 is 12.6. The molecule has 0 aliphatic rings. The highest BCUT2D eigenvalue weighted by Gasteiger charge is 2.16. The molecule has 2 atom stereocenters. The summed E-state index contributed by atoms with van der Waals surface area (Å²) in [5.74, 6) is -0.172. The molecule has 0 spiro atoms. The zero-order valence-electron chi connectivity index (χ0n) is 15.1. The van der Waals surface area contributed by atoms with Gasteiger partial charge in [0.15, 0.2) is 0 Å². The maximum atomic E-state index is 11.0. The van der Waals surface area contributed by atoms with Gasteiger partial charge < -0.3 is 4.74 Å². The number of halogens is 2. The summed E-state index contributed by atoms with van der Waals surface area (Å²) in [5, 5.41) is -0.0248. The van der Waals surface area contributed by atoms with Crippen LogP contribution in [0.1, 0.15) is 96.8 Å². The third-order valence-corrected chi connectivity index (χ3v) is 5.49. The van der Waals surface area contributed by atoms with Gasteiger partial charge in [-0.2, -0.15) is 0 Å². The predicted octanol–water partition coefficient (Wildman–Crippen LogP) is 6.86. The molecule has 0 saturated carbocycles. The number of methoxy groups -OCH3 is 1. The number of unbranched alkanes of at least 4 members (excludes halogenated alkanes) is 9. The number of alkyl halides is 2. The van der Waals surface area contributed by atoms with E-state index in [0.29, 0.717) is 6.42 Å². The van der Waals surface area contributed by atoms with Gasteiger partial charge in [0.25, 0.3) is 0 Å². The van der Waals surface area contributed by atoms with Crippen LogP contribution in [0.2, 0.25) is 0 Å². The Hall–Kier alpha value is 0.0500. The lowest BCUT2D eigenvalue weighted by molar-refractivity contribution is -0.140. The van der Waals surface area contributed by atoms with Gasteiger partial charge in [0.1, 0.15) is 0 Å². The van der Waals surface area contributed by atoms with Crippen LogP contribution in [0.15, 0.2) is 0 Å². The van der Waals surface area contributed by atoms with Gasteiger partial charge in [-0.25, -0.2) is 0 Å². The molecule has 0 N–H and O–H groups in total. The molecule has 0 unspecified atom stereocenters. The van der Waals surface area contributed by atoms with Crippen molar-refractivity contribution in [3.63, 3.8) is 0 Å². The van der Waals surface area contributed by atoms with E-state index in [-0.39, 0.29) is 16.7 Å². The van der Waals surface area contributed by atoms with Gasteiger partial charge in [-0.3, -0.25) is 4.79 Å². The van der Waals surface area contributed by atoms with Gasteiger partial charge in [0.2, 0.25) is 0 Å². The maximum absolute atomic E-state index is 11.0.